The van der Waals surface area contributed by atoms with E-state index in [0.717, 1.165) is 0 Å². The molecule has 1 rings (SSSR count). The first kappa shape index (κ1) is 14.7. The Balaban J connectivity index is 2.38. The first-order chi connectivity index (χ1) is 8.40. The molecule has 0 bridgehead atoms. The largest absolute Gasteiger partial charge is 0.389 e. The zero-order valence-corrected chi connectivity index (χ0v) is 10.4. The monoisotopic (exact) mass is 277 g/mol. The first-order valence-electron chi connectivity index (χ1n) is 5.45. The number of rotatable bonds is 6. The van der Waals surface area contributed by atoms with Crippen LogP contribution >= 0.6 is 12.2 Å². The second kappa shape index (κ2) is 6.53. The molecule has 1 aromatic rings. The fraction of sp³-hybridized carbons (Fsp3) is 0.455. The molecule has 3 nitrogen and oxygen atoms in total. The molecule has 0 radical (unpaired) electrons. The Morgan fingerprint density at radius 2 is 2.11 bits per heavy atom. The first-order valence-corrected chi connectivity index (χ1v) is 5.86. The summed E-state index contributed by atoms with van der Waals surface area (Å²) in [4.78, 5) is 4.25. The fourth-order valence-corrected chi connectivity index (χ4v) is 1.57. The molecule has 0 aliphatic heterocycles. The third-order valence-corrected chi connectivity index (χ3v) is 2.47. The molecule has 0 aliphatic carbocycles. The van der Waals surface area contributed by atoms with Gasteiger partial charge in [0.25, 0.3) is 0 Å². The van der Waals surface area contributed by atoms with Gasteiger partial charge in [-0.1, -0.05) is 12.2 Å². The van der Waals surface area contributed by atoms with Crippen molar-refractivity contribution >= 4 is 23.0 Å². The summed E-state index contributed by atoms with van der Waals surface area (Å²) in [6, 6.07) is 3.41. The van der Waals surface area contributed by atoms with E-state index in [-0.39, 0.29) is 11.4 Å². The Morgan fingerprint density at radius 1 is 1.39 bits per heavy atom. The quantitative estimate of drug-likeness (QED) is 0.620. The number of hydrogen-bond acceptors (Lipinski definition) is 3. The van der Waals surface area contributed by atoms with Crippen LogP contribution in [0.1, 0.15) is 24.8 Å². The van der Waals surface area contributed by atoms with Crippen LogP contribution in [-0.4, -0.2) is 22.7 Å². The molecule has 0 spiro atoms. The summed E-state index contributed by atoms with van der Waals surface area (Å²) in [7, 11) is 0. The topological polar surface area (TPSA) is 50.9 Å². The molecule has 100 valence electrons. The molecule has 3 N–H and O–H groups in total. The van der Waals surface area contributed by atoms with E-state index in [1.54, 1.807) is 18.3 Å². The maximum Gasteiger partial charge on any atom is 0.389 e. The Kier molecular flexibility index (Phi) is 5.33. The zero-order valence-electron chi connectivity index (χ0n) is 9.63. The zero-order chi connectivity index (χ0) is 13.6. The highest BCUT2D eigenvalue weighted by molar-refractivity contribution is 7.80. The van der Waals surface area contributed by atoms with E-state index in [9.17, 15) is 13.2 Å². The summed E-state index contributed by atoms with van der Waals surface area (Å²) in [6.07, 6.45) is -2.79. The van der Waals surface area contributed by atoms with Crippen molar-refractivity contribution in [3.63, 3.8) is 0 Å². The number of aromatic nitrogens is 1. The van der Waals surface area contributed by atoms with Gasteiger partial charge in [0.15, 0.2) is 0 Å². The number of anilines is 1. The number of alkyl halides is 3. The number of nitrogens with two attached hydrogens (primary N) is 1. The van der Waals surface area contributed by atoms with Crippen LogP contribution in [0.4, 0.5) is 19.0 Å². The average molecular weight is 277 g/mol. The summed E-state index contributed by atoms with van der Waals surface area (Å²) in [5.41, 5.74) is 6.11. The van der Waals surface area contributed by atoms with E-state index in [1.807, 2.05) is 0 Å². The average Bonchev–Trinajstić information content (AvgIpc) is 2.27. The van der Waals surface area contributed by atoms with Gasteiger partial charge in [-0.25, -0.2) is 4.98 Å². The van der Waals surface area contributed by atoms with Crippen molar-refractivity contribution < 1.29 is 13.2 Å². The van der Waals surface area contributed by atoms with Crippen LogP contribution in [0.5, 0.6) is 0 Å². The van der Waals surface area contributed by atoms with Crippen LogP contribution in [0.2, 0.25) is 0 Å². The fourth-order valence-electron chi connectivity index (χ4n) is 1.40. The number of halogens is 3. The molecule has 0 atom stereocenters. The Labute approximate surface area is 109 Å². The lowest BCUT2D eigenvalue weighted by molar-refractivity contribution is -0.135. The molecule has 0 saturated carbocycles. The number of pyridine rings is 1. The van der Waals surface area contributed by atoms with Crippen LogP contribution < -0.4 is 11.1 Å². The number of thiocarbonyl (C=S) groups is 1. The highest BCUT2D eigenvalue weighted by atomic mass is 32.1. The van der Waals surface area contributed by atoms with Crippen LogP contribution in [-0.2, 0) is 0 Å². The third kappa shape index (κ3) is 5.31. The molecule has 0 aliphatic rings. The van der Waals surface area contributed by atoms with Crippen molar-refractivity contribution in [1.82, 2.24) is 4.98 Å². The van der Waals surface area contributed by atoms with Gasteiger partial charge in [-0.15, -0.1) is 0 Å². The number of nitrogens with zero attached hydrogens (tertiary/aromatic N) is 1. The van der Waals surface area contributed by atoms with Crippen LogP contribution in [0, 0.1) is 0 Å². The summed E-state index contributed by atoms with van der Waals surface area (Å²) in [5, 5.41) is 2.93. The smallest absolute Gasteiger partial charge is 0.389 e. The van der Waals surface area contributed by atoms with Crippen molar-refractivity contribution in [3.8, 4) is 0 Å². The van der Waals surface area contributed by atoms with Crippen LogP contribution in [0.3, 0.4) is 0 Å². The molecule has 0 fully saturated rings. The molecular weight excluding hydrogens is 263 g/mol. The van der Waals surface area contributed by atoms with Crippen molar-refractivity contribution in [1.29, 1.82) is 0 Å². The van der Waals surface area contributed by atoms with Gasteiger partial charge < -0.3 is 11.1 Å². The normalized spacial score (nSPS) is 11.3. The third-order valence-electron chi connectivity index (χ3n) is 2.25. The van der Waals surface area contributed by atoms with E-state index in [4.69, 9.17) is 18.0 Å². The number of hydrogen-bond donors (Lipinski definition) is 2. The Bertz CT molecular complexity index is 407. The summed E-state index contributed by atoms with van der Waals surface area (Å²) < 4.78 is 35.7. The van der Waals surface area contributed by atoms with E-state index < -0.39 is 12.6 Å². The lowest BCUT2D eigenvalue weighted by Gasteiger charge is -2.10. The lowest BCUT2D eigenvalue weighted by atomic mass is 10.2. The van der Waals surface area contributed by atoms with E-state index >= 15 is 0 Å². The standard InChI is InChI=1S/C11H14F3N3S/c12-11(13,14)5-1-2-6-16-10-8(9(15)18)4-3-7-17-10/h3-4,7H,1-2,5-6H2,(H2,15,18)(H,16,17). The molecule has 1 heterocycles. The number of nitrogens with one attached hydrogen (secondary N) is 1. The van der Waals surface area contributed by atoms with Gasteiger partial charge in [-0.3, -0.25) is 0 Å². The molecule has 1 aromatic heterocycles. The number of unbranched alkanes of at least 4 members (excludes halogenated alkanes) is 1. The van der Waals surface area contributed by atoms with Gasteiger partial charge in [-0.05, 0) is 25.0 Å². The Morgan fingerprint density at radius 3 is 2.72 bits per heavy atom. The molecular formula is C11H14F3N3S. The lowest BCUT2D eigenvalue weighted by Crippen LogP contribution is -2.15. The minimum Gasteiger partial charge on any atom is -0.389 e. The van der Waals surface area contributed by atoms with Crippen LogP contribution in [0.15, 0.2) is 18.3 Å². The van der Waals surface area contributed by atoms with E-state index in [2.05, 4.69) is 10.3 Å². The van der Waals surface area contributed by atoms with E-state index in [0.29, 0.717) is 24.3 Å². The predicted octanol–water partition coefficient (Wildman–Crippen LogP) is 2.86. The maximum absolute atomic E-state index is 11.9. The Hall–Kier alpha value is -1.37. The minimum absolute atomic E-state index is 0.0890. The van der Waals surface area contributed by atoms with Gasteiger partial charge in [0, 0.05) is 19.2 Å². The molecule has 7 heteroatoms. The SMILES string of the molecule is NC(=S)c1cccnc1NCCCCC(F)(F)F. The van der Waals surface area contributed by atoms with Crippen molar-refractivity contribution in [2.75, 3.05) is 11.9 Å². The molecule has 0 saturated heterocycles. The highest BCUT2D eigenvalue weighted by Crippen LogP contribution is 2.22. The van der Waals surface area contributed by atoms with Gasteiger partial charge >= 0.3 is 6.18 Å². The van der Waals surface area contributed by atoms with E-state index in [1.165, 1.54) is 0 Å². The van der Waals surface area contributed by atoms with Crippen LogP contribution in [0.25, 0.3) is 0 Å². The molecule has 0 unspecified atom stereocenters. The van der Waals surface area contributed by atoms with Gasteiger partial charge in [0.2, 0.25) is 0 Å². The predicted molar refractivity (Wildman–Crippen MR) is 68.5 cm³/mol. The minimum atomic E-state index is -4.09. The second-order valence-corrected chi connectivity index (χ2v) is 4.20. The summed E-state index contributed by atoms with van der Waals surface area (Å²) >= 11 is 4.85. The van der Waals surface area contributed by atoms with Crippen molar-refractivity contribution in [2.24, 2.45) is 5.73 Å². The van der Waals surface area contributed by atoms with Crippen molar-refractivity contribution in [2.45, 2.75) is 25.4 Å². The van der Waals surface area contributed by atoms with Gasteiger partial charge in [0.1, 0.15) is 10.8 Å². The van der Waals surface area contributed by atoms with Crippen molar-refractivity contribution in [3.05, 3.63) is 23.9 Å². The maximum atomic E-state index is 11.9. The molecule has 18 heavy (non-hydrogen) atoms. The van der Waals surface area contributed by atoms with Gasteiger partial charge in [-0.2, -0.15) is 13.2 Å². The highest BCUT2D eigenvalue weighted by Gasteiger charge is 2.25. The molecule has 0 amide bonds. The molecule has 0 aromatic carbocycles. The summed E-state index contributed by atoms with van der Waals surface area (Å²) in [6.45, 7) is 0.405. The van der Waals surface area contributed by atoms with Gasteiger partial charge in [0.05, 0.1) is 5.56 Å². The summed E-state index contributed by atoms with van der Waals surface area (Å²) in [5.74, 6) is 0.511. The second-order valence-electron chi connectivity index (χ2n) is 3.76.